The number of hydrogen-bond acceptors (Lipinski definition) is 3. The second-order valence-electron chi connectivity index (χ2n) is 6.80. The minimum atomic E-state index is -0.610. The van der Waals surface area contributed by atoms with Crippen LogP contribution in [0.3, 0.4) is 0 Å². The molecular weight excluding hydrogens is 288 g/mol. The number of aliphatic hydroxyl groups excluding tert-OH is 1. The van der Waals surface area contributed by atoms with E-state index >= 15 is 0 Å². The third-order valence-corrected chi connectivity index (χ3v) is 5.09. The van der Waals surface area contributed by atoms with Gasteiger partial charge in [-0.05, 0) is 30.4 Å². The zero-order chi connectivity index (χ0) is 15.7. The molecule has 2 heterocycles. The van der Waals surface area contributed by atoms with Gasteiger partial charge in [0.15, 0.2) is 6.29 Å². The molecule has 2 saturated heterocycles. The highest BCUT2D eigenvalue weighted by atomic mass is 16.7. The van der Waals surface area contributed by atoms with Crippen LogP contribution in [0.15, 0.2) is 60.7 Å². The maximum Gasteiger partial charge on any atom is 0.184 e. The minimum absolute atomic E-state index is 0.0934. The Bertz CT molecular complexity index is 599. The molecule has 0 amide bonds. The molecular formula is C20H22O3. The fraction of sp³-hybridized carbons (Fsp3) is 0.400. The second-order valence-corrected chi connectivity index (χ2v) is 6.80. The highest BCUT2D eigenvalue weighted by Gasteiger charge is 2.52. The molecule has 3 heteroatoms. The number of benzene rings is 2. The summed E-state index contributed by atoms with van der Waals surface area (Å²) < 4.78 is 11.4. The summed E-state index contributed by atoms with van der Waals surface area (Å²) in [5, 5.41) is 11.0. The van der Waals surface area contributed by atoms with Crippen molar-refractivity contribution in [2.45, 2.75) is 37.8 Å². The molecule has 0 aliphatic carbocycles. The van der Waals surface area contributed by atoms with Crippen molar-refractivity contribution in [3.63, 3.8) is 0 Å². The van der Waals surface area contributed by atoms with Crippen LogP contribution >= 0.6 is 0 Å². The SMILES string of the molecule is OC1C2OCC(CC1(Cc1ccccc1)Cc1ccccc1)O2. The number of fused-ring (bicyclic) bond motifs is 2. The third kappa shape index (κ3) is 2.92. The van der Waals surface area contributed by atoms with Crippen molar-refractivity contribution in [3.8, 4) is 0 Å². The van der Waals surface area contributed by atoms with Crippen LogP contribution in [0.4, 0.5) is 0 Å². The average Bonchev–Trinajstić information content (AvgIpc) is 2.99. The molecule has 0 spiro atoms. The number of rotatable bonds is 4. The Labute approximate surface area is 136 Å². The van der Waals surface area contributed by atoms with Crippen LogP contribution in [0, 0.1) is 5.41 Å². The third-order valence-electron chi connectivity index (χ3n) is 5.09. The molecule has 2 aliphatic rings. The molecule has 0 radical (unpaired) electrons. The quantitative estimate of drug-likeness (QED) is 0.943. The minimum Gasteiger partial charge on any atom is -0.387 e. The highest BCUT2D eigenvalue weighted by Crippen LogP contribution is 2.45. The van der Waals surface area contributed by atoms with Gasteiger partial charge in [0.05, 0.1) is 12.7 Å². The van der Waals surface area contributed by atoms with Gasteiger partial charge in [-0.15, -0.1) is 0 Å². The van der Waals surface area contributed by atoms with E-state index in [2.05, 4.69) is 48.5 Å². The standard InChI is InChI=1S/C20H22O3/c21-18-19-22-14-17(23-19)13-20(18,11-15-7-3-1-4-8-15)12-16-9-5-2-6-10-16/h1-10,17-19,21H,11-14H2. The predicted octanol–water partition coefficient (Wildman–Crippen LogP) is 2.96. The van der Waals surface area contributed by atoms with Crippen molar-refractivity contribution in [2.24, 2.45) is 5.41 Å². The van der Waals surface area contributed by atoms with Crippen LogP contribution in [0.2, 0.25) is 0 Å². The molecule has 2 bridgehead atoms. The largest absolute Gasteiger partial charge is 0.387 e. The summed E-state index contributed by atoms with van der Waals surface area (Å²) in [7, 11) is 0. The predicted molar refractivity (Wildman–Crippen MR) is 88.0 cm³/mol. The van der Waals surface area contributed by atoms with Crippen LogP contribution in [-0.2, 0) is 22.3 Å². The molecule has 2 aromatic rings. The first kappa shape index (κ1) is 14.9. The van der Waals surface area contributed by atoms with Crippen molar-refractivity contribution < 1.29 is 14.6 Å². The van der Waals surface area contributed by atoms with Crippen molar-refractivity contribution >= 4 is 0 Å². The molecule has 0 saturated carbocycles. The van der Waals surface area contributed by atoms with E-state index < -0.39 is 12.4 Å². The average molecular weight is 310 g/mol. The van der Waals surface area contributed by atoms with Gasteiger partial charge in [-0.25, -0.2) is 0 Å². The molecule has 2 fully saturated rings. The van der Waals surface area contributed by atoms with Gasteiger partial charge < -0.3 is 14.6 Å². The van der Waals surface area contributed by atoms with Gasteiger partial charge in [-0.2, -0.15) is 0 Å². The van der Waals surface area contributed by atoms with Gasteiger partial charge >= 0.3 is 0 Å². The Hall–Kier alpha value is -1.68. The van der Waals surface area contributed by atoms with Gasteiger partial charge in [-0.3, -0.25) is 0 Å². The van der Waals surface area contributed by atoms with E-state index in [0.717, 1.165) is 19.3 Å². The summed E-state index contributed by atoms with van der Waals surface area (Å²) in [6.07, 6.45) is 1.50. The van der Waals surface area contributed by atoms with E-state index in [4.69, 9.17) is 9.47 Å². The van der Waals surface area contributed by atoms with Crippen LogP contribution in [0.25, 0.3) is 0 Å². The second kappa shape index (κ2) is 6.08. The van der Waals surface area contributed by atoms with Crippen LogP contribution < -0.4 is 0 Å². The summed E-state index contributed by atoms with van der Waals surface area (Å²) in [6, 6.07) is 20.8. The van der Waals surface area contributed by atoms with E-state index in [1.807, 2.05) is 12.1 Å². The Morgan fingerprint density at radius 3 is 2.04 bits per heavy atom. The lowest BCUT2D eigenvalue weighted by Crippen LogP contribution is -2.51. The highest BCUT2D eigenvalue weighted by molar-refractivity contribution is 5.23. The number of hydrogen-bond donors (Lipinski definition) is 1. The maximum atomic E-state index is 11.0. The lowest BCUT2D eigenvalue weighted by molar-refractivity contribution is -0.205. The summed E-state index contributed by atoms with van der Waals surface area (Å²) in [5.74, 6) is 0. The van der Waals surface area contributed by atoms with Crippen LogP contribution in [0.5, 0.6) is 0 Å². The zero-order valence-corrected chi connectivity index (χ0v) is 13.1. The Morgan fingerprint density at radius 1 is 0.913 bits per heavy atom. The topological polar surface area (TPSA) is 38.7 Å². The van der Waals surface area contributed by atoms with Gasteiger partial charge in [-0.1, -0.05) is 60.7 Å². The smallest absolute Gasteiger partial charge is 0.184 e. The lowest BCUT2D eigenvalue weighted by atomic mass is 9.68. The molecule has 4 rings (SSSR count). The fourth-order valence-electron chi connectivity index (χ4n) is 4.03. The van der Waals surface area contributed by atoms with E-state index in [0.29, 0.717) is 6.61 Å². The summed E-state index contributed by atoms with van der Waals surface area (Å²) in [4.78, 5) is 0. The van der Waals surface area contributed by atoms with Crippen molar-refractivity contribution in [3.05, 3.63) is 71.8 Å². The molecule has 120 valence electrons. The van der Waals surface area contributed by atoms with E-state index in [1.54, 1.807) is 0 Å². The Balaban J connectivity index is 1.68. The number of aliphatic hydroxyl groups is 1. The number of ether oxygens (including phenoxy) is 2. The van der Waals surface area contributed by atoms with Gasteiger partial charge in [0.25, 0.3) is 0 Å². The first-order valence-electron chi connectivity index (χ1n) is 8.28. The van der Waals surface area contributed by atoms with Crippen molar-refractivity contribution in [1.82, 2.24) is 0 Å². The summed E-state index contributed by atoms with van der Waals surface area (Å²) in [5.41, 5.74) is 2.26. The molecule has 3 unspecified atom stereocenters. The normalized spacial score (nSPS) is 28.7. The first-order chi connectivity index (χ1) is 11.3. The summed E-state index contributed by atoms with van der Waals surface area (Å²) in [6.45, 7) is 0.590. The molecule has 1 N–H and O–H groups in total. The Kier molecular flexibility index (Phi) is 3.93. The van der Waals surface area contributed by atoms with Gasteiger partial charge in [0.1, 0.15) is 6.10 Å². The molecule has 2 aliphatic heterocycles. The van der Waals surface area contributed by atoms with E-state index in [9.17, 15) is 5.11 Å². The van der Waals surface area contributed by atoms with Crippen molar-refractivity contribution in [1.29, 1.82) is 0 Å². The molecule has 0 aromatic heterocycles. The molecule has 23 heavy (non-hydrogen) atoms. The van der Waals surface area contributed by atoms with Crippen LogP contribution in [-0.4, -0.2) is 30.2 Å². The summed E-state index contributed by atoms with van der Waals surface area (Å²) >= 11 is 0. The molecule has 3 nitrogen and oxygen atoms in total. The lowest BCUT2D eigenvalue weighted by Gasteiger charge is -2.44. The first-order valence-corrected chi connectivity index (χ1v) is 8.28. The van der Waals surface area contributed by atoms with E-state index in [-0.39, 0.29) is 11.5 Å². The van der Waals surface area contributed by atoms with Gasteiger partial charge in [0.2, 0.25) is 0 Å². The maximum absolute atomic E-state index is 11.0. The zero-order valence-electron chi connectivity index (χ0n) is 13.1. The van der Waals surface area contributed by atoms with Gasteiger partial charge in [0, 0.05) is 5.41 Å². The fourth-order valence-corrected chi connectivity index (χ4v) is 4.03. The van der Waals surface area contributed by atoms with Crippen molar-refractivity contribution in [2.75, 3.05) is 6.61 Å². The van der Waals surface area contributed by atoms with Crippen LogP contribution in [0.1, 0.15) is 17.5 Å². The monoisotopic (exact) mass is 310 g/mol. The molecule has 3 atom stereocenters. The van der Waals surface area contributed by atoms with E-state index in [1.165, 1.54) is 11.1 Å². The molecule has 2 aromatic carbocycles. The Morgan fingerprint density at radius 2 is 1.48 bits per heavy atom.